The normalized spacial score (nSPS) is 25.4. The smallest absolute Gasteiger partial charge is 0.307 e. The summed E-state index contributed by atoms with van der Waals surface area (Å²) in [5.74, 6) is -1.14. The Hall–Kier alpha value is -1.03. The summed E-state index contributed by atoms with van der Waals surface area (Å²) in [5.41, 5.74) is 2.34. The van der Waals surface area contributed by atoms with Gasteiger partial charge in [-0.05, 0) is 44.2 Å². The molecule has 0 saturated heterocycles. The van der Waals surface area contributed by atoms with E-state index in [1.165, 1.54) is 11.1 Å². The van der Waals surface area contributed by atoms with E-state index in [-0.39, 0.29) is 24.9 Å². The van der Waals surface area contributed by atoms with Crippen molar-refractivity contribution in [3.8, 4) is 0 Å². The largest absolute Gasteiger partial charge is 0.391 e. The summed E-state index contributed by atoms with van der Waals surface area (Å²) < 4.78 is 38.4. The second-order valence-electron chi connectivity index (χ2n) is 5.85. The Labute approximate surface area is 118 Å². The Morgan fingerprint density at radius 2 is 1.90 bits per heavy atom. The highest BCUT2D eigenvalue weighted by atomic mass is 19.4. The summed E-state index contributed by atoms with van der Waals surface area (Å²) in [6, 6.07) is 8.08. The molecule has 0 aromatic heterocycles. The maximum atomic E-state index is 12.8. The van der Waals surface area contributed by atoms with E-state index in [2.05, 4.69) is 5.32 Å². The molecule has 1 aliphatic rings. The van der Waals surface area contributed by atoms with Gasteiger partial charge >= 0.3 is 6.18 Å². The maximum absolute atomic E-state index is 12.8. The van der Waals surface area contributed by atoms with Crippen LogP contribution in [0.15, 0.2) is 24.3 Å². The molecule has 1 saturated carbocycles. The van der Waals surface area contributed by atoms with Gasteiger partial charge in [0.25, 0.3) is 0 Å². The first-order valence-corrected chi connectivity index (χ1v) is 7.26. The minimum atomic E-state index is -4.05. The first kappa shape index (κ1) is 15.4. The second-order valence-corrected chi connectivity index (χ2v) is 5.85. The molecule has 2 unspecified atom stereocenters. The van der Waals surface area contributed by atoms with Gasteiger partial charge in [-0.3, -0.25) is 0 Å². The van der Waals surface area contributed by atoms with Crippen molar-refractivity contribution < 1.29 is 13.2 Å². The molecule has 112 valence electrons. The van der Waals surface area contributed by atoms with Gasteiger partial charge in [0.05, 0.1) is 5.92 Å². The van der Waals surface area contributed by atoms with Gasteiger partial charge in [0, 0.05) is 12.1 Å². The lowest BCUT2D eigenvalue weighted by Crippen LogP contribution is -2.39. The molecule has 3 atom stereocenters. The molecule has 1 N–H and O–H groups in total. The number of rotatable bonds is 3. The third-order valence-electron chi connectivity index (χ3n) is 4.28. The van der Waals surface area contributed by atoms with Gasteiger partial charge in [0.1, 0.15) is 0 Å². The van der Waals surface area contributed by atoms with Crippen molar-refractivity contribution in [1.29, 1.82) is 0 Å². The van der Waals surface area contributed by atoms with E-state index in [1.54, 1.807) is 0 Å². The Morgan fingerprint density at radius 3 is 2.55 bits per heavy atom. The van der Waals surface area contributed by atoms with Crippen LogP contribution in [-0.4, -0.2) is 12.2 Å². The number of halogens is 3. The van der Waals surface area contributed by atoms with Crippen molar-refractivity contribution in [2.75, 3.05) is 0 Å². The molecule has 1 nitrogen and oxygen atoms in total. The summed E-state index contributed by atoms with van der Waals surface area (Å²) in [6.45, 7) is 4.06. The average molecular weight is 285 g/mol. The maximum Gasteiger partial charge on any atom is 0.391 e. The van der Waals surface area contributed by atoms with E-state index in [1.807, 2.05) is 38.1 Å². The molecule has 0 aliphatic heterocycles. The fourth-order valence-electron chi connectivity index (χ4n) is 3.15. The molecule has 1 aliphatic carbocycles. The zero-order chi connectivity index (χ0) is 14.8. The Kier molecular flexibility index (Phi) is 4.74. The first-order chi connectivity index (χ1) is 9.38. The van der Waals surface area contributed by atoms with Gasteiger partial charge < -0.3 is 5.32 Å². The summed E-state index contributed by atoms with van der Waals surface area (Å²) >= 11 is 0. The van der Waals surface area contributed by atoms with Crippen molar-refractivity contribution in [3.63, 3.8) is 0 Å². The van der Waals surface area contributed by atoms with Crippen LogP contribution in [0.2, 0.25) is 0 Å². The van der Waals surface area contributed by atoms with Crippen LogP contribution in [0.25, 0.3) is 0 Å². The Bertz CT molecular complexity index is 442. The summed E-state index contributed by atoms with van der Waals surface area (Å²) in [5, 5.41) is 3.38. The fraction of sp³-hybridized carbons (Fsp3) is 0.625. The van der Waals surface area contributed by atoms with E-state index in [0.717, 1.165) is 6.42 Å². The van der Waals surface area contributed by atoms with Crippen molar-refractivity contribution >= 4 is 0 Å². The zero-order valence-corrected chi connectivity index (χ0v) is 12.0. The van der Waals surface area contributed by atoms with Crippen LogP contribution < -0.4 is 5.32 Å². The molecular formula is C16H22F3N. The summed E-state index contributed by atoms with van der Waals surface area (Å²) in [7, 11) is 0. The molecule has 1 fully saturated rings. The van der Waals surface area contributed by atoms with Crippen LogP contribution in [0.4, 0.5) is 13.2 Å². The molecule has 0 radical (unpaired) electrons. The number of nitrogens with one attached hydrogen (secondary N) is 1. The van der Waals surface area contributed by atoms with Crippen LogP contribution >= 0.6 is 0 Å². The molecule has 2 rings (SSSR count). The van der Waals surface area contributed by atoms with Crippen LogP contribution in [-0.2, 0) is 0 Å². The monoisotopic (exact) mass is 285 g/mol. The molecule has 4 heteroatoms. The highest BCUT2D eigenvalue weighted by Crippen LogP contribution is 2.38. The molecule has 0 spiro atoms. The Morgan fingerprint density at radius 1 is 1.20 bits per heavy atom. The molecular weight excluding hydrogens is 263 g/mol. The molecule has 1 aromatic rings. The number of hydrogen-bond acceptors (Lipinski definition) is 1. The van der Waals surface area contributed by atoms with Crippen LogP contribution in [0.5, 0.6) is 0 Å². The van der Waals surface area contributed by atoms with Gasteiger partial charge in [-0.1, -0.05) is 30.7 Å². The predicted octanol–water partition coefficient (Wildman–Crippen LogP) is 4.77. The fourth-order valence-corrected chi connectivity index (χ4v) is 3.15. The third-order valence-corrected chi connectivity index (χ3v) is 4.28. The molecule has 0 heterocycles. The number of aryl methyl sites for hydroxylation is 1. The minimum absolute atomic E-state index is 0.0371. The molecule has 0 amide bonds. The Balaban J connectivity index is 1.98. The second kappa shape index (κ2) is 6.17. The summed E-state index contributed by atoms with van der Waals surface area (Å²) in [4.78, 5) is 0. The number of hydrogen-bond donors (Lipinski definition) is 1. The first-order valence-electron chi connectivity index (χ1n) is 7.26. The number of benzene rings is 1. The van der Waals surface area contributed by atoms with Crippen molar-refractivity contribution in [2.45, 2.75) is 57.8 Å². The predicted molar refractivity (Wildman–Crippen MR) is 74.5 cm³/mol. The average Bonchev–Trinajstić information content (AvgIpc) is 2.38. The van der Waals surface area contributed by atoms with Gasteiger partial charge in [-0.2, -0.15) is 13.2 Å². The lowest BCUT2D eigenvalue weighted by Gasteiger charge is -2.33. The van der Waals surface area contributed by atoms with Crippen LogP contribution in [0.3, 0.4) is 0 Å². The van der Waals surface area contributed by atoms with Crippen molar-refractivity contribution in [2.24, 2.45) is 5.92 Å². The van der Waals surface area contributed by atoms with Crippen molar-refractivity contribution in [1.82, 2.24) is 5.32 Å². The molecule has 0 bridgehead atoms. The van der Waals surface area contributed by atoms with Gasteiger partial charge in [-0.25, -0.2) is 0 Å². The highest BCUT2D eigenvalue weighted by molar-refractivity contribution is 5.28. The lowest BCUT2D eigenvalue weighted by molar-refractivity contribution is -0.183. The van der Waals surface area contributed by atoms with E-state index in [0.29, 0.717) is 6.42 Å². The van der Waals surface area contributed by atoms with Gasteiger partial charge in [-0.15, -0.1) is 0 Å². The molecule has 20 heavy (non-hydrogen) atoms. The van der Waals surface area contributed by atoms with E-state index in [9.17, 15) is 13.2 Å². The minimum Gasteiger partial charge on any atom is -0.307 e. The summed E-state index contributed by atoms with van der Waals surface area (Å²) in [6.07, 6.45) is -2.07. The topological polar surface area (TPSA) is 12.0 Å². The van der Waals surface area contributed by atoms with E-state index >= 15 is 0 Å². The molecule has 1 aromatic carbocycles. The lowest BCUT2D eigenvalue weighted by atomic mass is 9.84. The number of alkyl halides is 3. The highest BCUT2D eigenvalue weighted by Gasteiger charge is 2.42. The SMILES string of the molecule is Cc1ccccc1[C@H](C)NC1CCCC(C(F)(F)F)C1. The van der Waals surface area contributed by atoms with E-state index in [4.69, 9.17) is 0 Å². The van der Waals surface area contributed by atoms with Crippen molar-refractivity contribution in [3.05, 3.63) is 35.4 Å². The standard InChI is InChI=1S/C16H22F3N/c1-11-6-3-4-9-15(11)12(2)20-14-8-5-7-13(10-14)16(17,18)19/h3-4,6,9,12-14,20H,5,7-8,10H2,1-2H3/t12-,13?,14?/m0/s1. The zero-order valence-electron chi connectivity index (χ0n) is 12.0. The van der Waals surface area contributed by atoms with E-state index < -0.39 is 12.1 Å². The van der Waals surface area contributed by atoms with Gasteiger partial charge in [0.15, 0.2) is 0 Å². The quantitative estimate of drug-likeness (QED) is 0.843. The van der Waals surface area contributed by atoms with Crippen LogP contribution in [0, 0.1) is 12.8 Å². The van der Waals surface area contributed by atoms with Crippen LogP contribution in [0.1, 0.15) is 49.8 Å². The third kappa shape index (κ3) is 3.75. The van der Waals surface area contributed by atoms with Gasteiger partial charge in [0.2, 0.25) is 0 Å².